The molecular weight excluding hydrogens is 1750 g/mol. The molecule has 24 heteroatoms. The molecule has 641 valence electrons. The van der Waals surface area contributed by atoms with Gasteiger partial charge in [0.05, 0.1) is 28.5 Å². The van der Waals surface area contributed by atoms with Crippen molar-refractivity contribution in [3.8, 4) is 72.5 Å². The molecule has 0 fully saturated rings. The fourth-order valence-corrected chi connectivity index (χ4v) is 12.7. The van der Waals surface area contributed by atoms with Gasteiger partial charge in [0.2, 0.25) is 0 Å². The molecule has 0 aliphatic carbocycles. The Labute approximate surface area is 755 Å². The molecule has 13 aromatic carbocycles. The van der Waals surface area contributed by atoms with Crippen LogP contribution in [-0.4, -0.2) is 76.7 Å². The number of carbonyl (C=O) groups is 4. The van der Waals surface area contributed by atoms with Gasteiger partial charge in [-0.2, -0.15) is 0 Å². The number of aryl methyl sites for hydroxylation is 2. The van der Waals surface area contributed by atoms with Gasteiger partial charge in [-0.25, -0.2) is 19.2 Å². The molecule has 19 nitrogen and oxygen atoms in total. The summed E-state index contributed by atoms with van der Waals surface area (Å²) >= 11 is 9.94. The molecule has 0 saturated heterocycles. The van der Waals surface area contributed by atoms with Crippen LogP contribution in [0.4, 0.5) is 59.0 Å². The van der Waals surface area contributed by atoms with Crippen molar-refractivity contribution >= 4 is 132 Å². The van der Waals surface area contributed by atoms with Gasteiger partial charge >= 0.3 is 39.2 Å². The predicted octanol–water partition coefficient (Wildman–Crippen LogP) is 25.4. The first-order chi connectivity index (χ1) is 58.7. The number of rotatable bonds is 13. The van der Waals surface area contributed by atoms with Crippen LogP contribution in [0.15, 0.2) is 329 Å². The van der Waals surface area contributed by atoms with Crippen LogP contribution >= 0.6 is 47.8 Å². The maximum absolute atomic E-state index is 12.2. The maximum atomic E-state index is 12.2. The second-order valence-electron chi connectivity index (χ2n) is 31.8. The Morgan fingerprint density at radius 3 is 0.855 bits per heavy atom. The van der Waals surface area contributed by atoms with Gasteiger partial charge in [0, 0.05) is 52.7 Å². The number of hydrogen-bond acceptors (Lipinski definition) is 15. The molecule has 13 rings (SSSR count). The molecule has 13 aromatic rings. The number of ether oxygens (including phenoxy) is 4. The highest BCUT2D eigenvalue weighted by Gasteiger charge is 2.22. The Kier molecular flexibility index (Phi) is 38.1. The van der Waals surface area contributed by atoms with Crippen molar-refractivity contribution in [3.05, 3.63) is 340 Å². The van der Waals surface area contributed by atoms with E-state index in [4.69, 9.17) is 51.2 Å². The van der Waals surface area contributed by atoms with E-state index in [1.165, 1.54) is 34.4 Å². The van der Waals surface area contributed by atoms with Gasteiger partial charge < -0.3 is 55.9 Å². The first-order valence-corrected chi connectivity index (χ1v) is 42.0. The van der Waals surface area contributed by atoms with E-state index in [1.54, 1.807) is 24.3 Å². The summed E-state index contributed by atoms with van der Waals surface area (Å²) in [7, 11) is -0.990. The molecule has 13 N–H and O–H groups in total. The van der Waals surface area contributed by atoms with E-state index < -0.39 is 53.9 Å². The summed E-state index contributed by atoms with van der Waals surface area (Å²) in [5.74, 6) is 0.350. The van der Waals surface area contributed by atoms with E-state index in [0.29, 0.717) is 30.3 Å². The minimum atomic E-state index is -1.52. The average Bonchev–Trinajstić information content (AvgIpc) is 0.818. The number of nitrogen functional groups attached to an aromatic ring is 3. The van der Waals surface area contributed by atoms with Crippen LogP contribution in [0, 0.1) is 13.8 Å². The number of nitrogens with one attached hydrogen (secondary N) is 4. The molecule has 0 bridgehead atoms. The van der Waals surface area contributed by atoms with E-state index in [0.717, 1.165) is 97.5 Å². The maximum Gasteiger partial charge on any atom is 0.569 e. The number of amides is 4. The standard InChI is InChI=1S/2C24H25NO2.C18H16N2.2C11H14BrNO2.C6H7B2O4.C6H6BrN/c2*1-17-10-5-6-13-20(17)18-11-9-12-19(16-18)21-14-7-8-15-22(21)25-23(26)27-24(2,3)4;19-17-10-3-1-8-15(17)13-6-5-7-14(12-13)16-9-2-4-11-18(16)20;2*1-11(2,3)15-10(14)13-9-7-5-4-6-8(9)12;9-7-12-6-3-1-2-5(4-6)8(10)11;7-5-3-1-2-4-6(5)8/h2*5-16H,1-4H3,(H,25,26);1-12H,19-20H2;2*4-7H,1-3H3,(H,13,14);1-4,9-11H;1-4H,8H2. The molecular formula is C100H107B2Br3N7O12. The lowest BCUT2D eigenvalue weighted by Crippen LogP contribution is -2.29. The Balaban J connectivity index is 0.000000205. The number of halogens is 3. The van der Waals surface area contributed by atoms with E-state index in [9.17, 15) is 19.2 Å². The largest absolute Gasteiger partial charge is 0.569 e. The zero-order valence-electron chi connectivity index (χ0n) is 72.1. The van der Waals surface area contributed by atoms with Gasteiger partial charge in [0.15, 0.2) is 0 Å². The Bertz CT molecular complexity index is 5340. The highest BCUT2D eigenvalue weighted by Crippen LogP contribution is 2.37. The molecule has 0 unspecified atom stereocenters. The fraction of sp³-hybridized carbons (Fsp3) is 0.180. The zero-order chi connectivity index (χ0) is 90.7. The molecule has 0 aromatic heterocycles. The molecule has 124 heavy (non-hydrogen) atoms. The molecule has 0 aliphatic heterocycles. The van der Waals surface area contributed by atoms with E-state index in [2.05, 4.69) is 166 Å². The van der Waals surface area contributed by atoms with Crippen LogP contribution < -0.4 is 48.6 Å². The smallest absolute Gasteiger partial charge is 0.537 e. The van der Waals surface area contributed by atoms with E-state index >= 15 is 0 Å². The van der Waals surface area contributed by atoms with Crippen molar-refractivity contribution in [1.29, 1.82) is 0 Å². The molecule has 0 heterocycles. The minimum Gasteiger partial charge on any atom is -0.537 e. The first kappa shape index (κ1) is 98.7. The van der Waals surface area contributed by atoms with Gasteiger partial charge in [0.1, 0.15) is 22.4 Å². The Morgan fingerprint density at radius 2 is 0.565 bits per heavy atom. The van der Waals surface area contributed by atoms with E-state index in [-0.39, 0.29) is 0 Å². The summed E-state index contributed by atoms with van der Waals surface area (Å²) in [5.41, 5.74) is 36.5. The van der Waals surface area contributed by atoms with Crippen LogP contribution in [0.25, 0.3) is 66.8 Å². The number of para-hydroxylation sites is 7. The Hall–Kier alpha value is -12.4. The second-order valence-corrected chi connectivity index (χ2v) is 34.4. The number of benzene rings is 13. The summed E-state index contributed by atoms with van der Waals surface area (Å²) in [5, 5.41) is 36.8. The second kappa shape index (κ2) is 47.9. The lowest BCUT2D eigenvalue weighted by atomic mass is 9.80. The number of nitrogens with two attached hydrogens (primary N) is 3. The summed E-state index contributed by atoms with van der Waals surface area (Å²) in [6, 6.07) is 101. The van der Waals surface area contributed by atoms with Crippen LogP contribution in [0.1, 0.15) is 94.2 Å². The van der Waals surface area contributed by atoms with Crippen molar-refractivity contribution < 1.29 is 57.9 Å². The van der Waals surface area contributed by atoms with Gasteiger partial charge in [-0.1, -0.05) is 224 Å². The highest BCUT2D eigenvalue weighted by molar-refractivity contribution is 9.11. The molecule has 0 atom stereocenters. The van der Waals surface area contributed by atoms with Crippen LogP contribution in [0.5, 0.6) is 5.75 Å². The minimum absolute atomic E-state index is 0.314. The molecule has 1 radical (unpaired) electrons. The van der Waals surface area contributed by atoms with Crippen LogP contribution in [-0.2, 0) is 18.9 Å². The quantitative estimate of drug-likeness (QED) is 0.0292. The van der Waals surface area contributed by atoms with Crippen molar-refractivity contribution in [1.82, 2.24) is 0 Å². The van der Waals surface area contributed by atoms with Gasteiger partial charge in [-0.05, 0) is 297 Å². The summed E-state index contributed by atoms with van der Waals surface area (Å²) in [6.45, 7) is 26.3. The first-order valence-electron chi connectivity index (χ1n) is 39.6. The third-order valence-corrected chi connectivity index (χ3v) is 19.2. The normalized spacial score (nSPS) is 10.6. The highest BCUT2D eigenvalue weighted by atomic mass is 79.9. The van der Waals surface area contributed by atoms with Crippen LogP contribution in [0.2, 0.25) is 0 Å². The molecule has 0 spiro atoms. The van der Waals surface area contributed by atoms with Gasteiger partial charge in [-0.15, -0.1) is 0 Å². The third-order valence-electron chi connectivity index (χ3n) is 17.1. The van der Waals surface area contributed by atoms with Gasteiger partial charge in [-0.3, -0.25) is 21.3 Å². The van der Waals surface area contributed by atoms with E-state index in [1.807, 2.05) is 283 Å². The lowest BCUT2D eigenvalue weighted by Gasteiger charge is -2.20. The Morgan fingerprint density at radius 1 is 0.306 bits per heavy atom. The molecule has 0 aliphatic rings. The summed E-state index contributed by atoms with van der Waals surface area (Å²) < 4.78 is 28.3. The molecule has 4 amide bonds. The zero-order valence-corrected chi connectivity index (χ0v) is 76.8. The van der Waals surface area contributed by atoms with Crippen molar-refractivity contribution in [2.75, 3.05) is 38.5 Å². The van der Waals surface area contributed by atoms with Gasteiger partial charge in [0.25, 0.3) is 0 Å². The van der Waals surface area contributed by atoms with Crippen molar-refractivity contribution in [2.45, 2.75) is 119 Å². The monoisotopic (exact) mass is 1860 g/mol. The summed E-state index contributed by atoms with van der Waals surface area (Å²) in [6.07, 6.45) is -1.81. The fourth-order valence-electron chi connectivity index (χ4n) is 11.6. The summed E-state index contributed by atoms with van der Waals surface area (Å²) in [4.78, 5) is 47.3. The number of anilines is 7. The lowest BCUT2D eigenvalue weighted by molar-refractivity contribution is 0.0624. The van der Waals surface area contributed by atoms with Crippen LogP contribution in [0.3, 0.4) is 0 Å². The molecule has 0 saturated carbocycles. The van der Waals surface area contributed by atoms with Crippen molar-refractivity contribution in [2.24, 2.45) is 0 Å². The topological polar surface area (TPSA) is 301 Å². The van der Waals surface area contributed by atoms with Crippen molar-refractivity contribution in [3.63, 3.8) is 0 Å². The number of carbonyl (C=O) groups excluding carboxylic acids is 4. The predicted molar refractivity (Wildman–Crippen MR) is 521 cm³/mol. The average molecular weight is 1860 g/mol. The SMILES string of the molecule is CC(C)(C)OC(=O)Nc1ccccc1Br.CC(C)(C)OC(=O)Nc1ccccc1Br.Cc1ccccc1-c1cccc(-c2ccccc2NC(=O)OC(C)(C)C)c1.Cc1ccccc1-c1cccc(-c2ccccc2NC(=O)OC(C)(C)C)c1.Nc1ccccc1-c1cccc(-c2ccccc2N)c1.Nc1ccccc1Br.O[B]Oc1cccc(B(O)O)c1. The third kappa shape index (κ3) is 34.5. The number of hydrogen-bond donors (Lipinski definition) is 10.